The second-order valence-electron chi connectivity index (χ2n) is 6.71. The molecule has 3 heteroatoms. The molecule has 1 aromatic carbocycles. The van der Waals surface area contributed by atoms with E-state index in [-0.39, 0.29) is 0 Å². The Hall–Kier alpha value is -1.22. The molecule has 3 nitrogen and oxygen atoms in total. The van der Waals surface area contributed by atoms with E-state index in [1.165, 1.54) is 37.7 Å². The second-order valence-corrected chi connectivity index (χ2v) is 6.71. The number of fused-ring (bicyclic) bond motifs is 1. The highest BCUT2D eigenvalue weighted by molar-refractivity contribution is 5.45. The number of hydrogen-bond acceptors (Lipinski definition) is 3. The summed E-state index contributed by atoms with van der Waals surface area (Å²) >= 11 is 0. The summed E-state index contributed by atoms with van der Waals surface area (Å²) in [5, 5.41) is 3.66. The topological polar surface area (TPSA) is 30.5 Å². The van der Waals surface area contributed by atoms with Gasteiger partial charge in [0.1, 0.15) is 0 Å². The van der Waals surface area contributed by atoms with Crippen LogP contribution in [0.25, 0.3) is 0 Å². The van der Waals surface area contributed by atoms with Crippen molar-refractivity contribution >= 4 is 0 Å². The van der Waals surface area contributed by atoms with Crippen molar-refractivity contribution in [1.29, 1.82) is 0 Å². The zero-order valence-electron chi connectivity index (χ0n) is 13.2. The van der Waals surface area contributed by atoms with E-state index in [4.69, 9.17) is 9.47 Å². The average Bonchev–Trinajstić information content (AvgIpc) is 2.94. The molecule has 3 rings (SSSR count). The predicted octanol–water partition coefficient (Wildman–Crippen LogP) is 4.28. The largest absolute Gasteiger partial charge is 0.454 e. The number of benzene rings is 1. The molecule has 0 amide bonds. The summed E-state index contributed by atoms with van der Waals surface area (Å²) < 4.78 is 10.8. The van der Waals surface area contributed by atoms with Gasteiger partial charge in [-0.05, 0) is 55.8 Å². The molecular weight excluding hydrogens is 262 g/mol. The number of nitrogens with one attached hydrogen (secondary N) is 1. The molecule has 0 saturated heterocycles. The standard InChI is InChI=1S/C18H27NO2/c1-13-4-3-5-15(10-13)8-9-19-14(2)16-6-7-17-18(11-16)21-12-20-17/h6-7,11,13-15,19H,3-5,8-10,12H2,1-2H3. The molecule has 116 valence electrons. The van der Waals surface area contributed by atoms with E-state index in [2.05, 4.69) is 31.3 Å². The number of rotatable bonds is 5. The predicted molar refractivity (Wildman–Crippen MR) is 84.7 cm³/mol. The molecule has 3 atom stereocenters. The van der Waals surface area contributed by atoms with Crippen LogP contribution in [0.5, 0.6) is 11.5 Å². The van der Waals surface area contributed by atoms with Gasteiger partial charge in [0.05, 0.1) is 0 Å². The summed E-state index contributed by atoms with van der Waals surface area (Å²) in [6, 6.07) is 6.61. The van der Waals surface area contributed by atoms with Crippen LogP contribution >= 0.6 is 0 Å². The maximum absolute atomic E-state index is 5.45. The van der Waals surface area contributed by atoms with Crippen molar-refractivity contribution in [1.82, 2.24) is 5.32 Å². The van der Waals surface area contributed by atoms with Gasteiger partial charge in [0.2, 0.25) is 6.79 Å². The van der Waals surface area contributed by atoms with E-state index < -0.39 is 0 Å². The highest BCUT2D eigenvalue weighted by Gasteiger charge is 2.19. The molecule has 1 aliphatic carbocycles. The first-order valence-electron chi connectivity index (χ1n) is 8.35. The van der Waals surface area contributed by atoms with Gasteiger partial charge in [0.25, 0.3) is 0 Å². The Labute approximate surface area is 128 Å². The molecular formula is C18H27NO2. The van der Waals surface area contributed by atoms with E-state index in [0.29, 0.717) is 12.8 Å². The molecule has 1 heterocycles. The Balaban J connectivity index is 1.46. The maximum atomic E-state index is 5.45. The molecule has 1 aliphatic heterocycles. The van der Waals surface area contributed by atoms with E-state index >= 15 is 0 Å². The van der Waals surface area contributed by atoms with E-state index in [1.54, 1.807) is 0 Å². The third kappa shape index (κ3) is 3.70. The van der Waals surface area contributed by atoms with Crippen molar-refractivity contribution in [2.75, 3.05) is 13.3 Å². The highest BCUT2D eigenvalue weighted by atomic mass is 16.7. The molecule has 1 saturated carbocycles. The first kappa shape index (κ1) is 14.7. The molecule has 21 heavy (non-hydrogen) atoms. The molecule has 2 aliphatic rings. The molecule has 1 N–H and O–H groups in total. The fraction of sp³-hybridized carbons (Fsp3) is 0.667. The van der Waals surface area contributed by atoms with Gasteiger partial charge in [-0.3, -0.25) is 0 Å². The van der Waals surface area contributed by atoms with E-state index in [0.717, 1.165) is 29.9 Å². The third-order valence-corrected chi connectivity index (χ3v) is 4.94. The van der Waals surface area contributed by atoms with Crippen LogP contribution < -0.4 is 14.8 Å². The van der Waals surface area contributed by atoms with Crippen LogP contribution in [0.1, 0.15) is 57.6 Å². The fourth-order valence-corrected chi connectivity index (χ4v) is 3.63. The molecule has 1 aromatic rings. The van der Waals surface area contributed by atoms with Crippen LogP contribution in [0, 0.1) is 11.8 Å². The third-order valence-electron chi connectivity index (χ3n) is 4.94. The van der Waals surface area contributed by atoms with Crippen molar-refractivity contribution in [3.05, 3.63) is 23.8 Å². The van der Waals surface area contributed by atoms with Crippen molar-refractivity contribution in [3.8, 4) is 11.5 Å². The summed E-state index contributed by atoms with van der Waals surface area (Å²) in [5.74, 6) is 3.59. The van der Waals surface area contributed by atoms with Crippen LogP contribution in [0.15, 0.2) is 18.2 Å². The number of ether oxygens (including phenoxy) is 2. The second kappa shape index (κ2) is 6.69. The number of hydrogen-bond donors (Lipinski definition) is 1. The molecule has 1 fully saturated rings. The lowest BCUT2D eigenvalue weighted by molar-refractivity contribution is 0.174. The molecule has 0 radical (unpaired) electrons. The Kier molecular flexibility index (Phi) is 4.69. The minimum absolute atomic E-state index is 0.348. The molecule has 0 aromatic heterocycles. The SMILES string of the molecule is CC1CCCC(CCNC(C)c2ccc3c(c2)OCO3)C1. The van der Waals surface area contributed by atoms with Crippen molar-refractivity contribution in [2.45, 2.75) is 52.0 Å². The van der Waals surface area contributed by atoms with Gasteiger partial charge in [-0.2, -0.15) is 0 Å². The van der Waals surface area contributed by atoms with Gasteiger partial charge in [-0.15, -0.1) is 0 Å². The van der Waals surface area contributed by atoms with Crippen molar-refractivity contribution < 1.29 is 9.47 Å². The van der Waals surface area contributed by atoms with Gasteiger partial charge >= 0.3 is 0 Å². The zero-order valence-corrected chi connectivity index (χ0v) is 13.2. The van der Waals surface area contributed by atoms with Crippen LogP contribution in [-0.2, 0) is 0 Å². The van der Waals surface area contributed by atoms with Crippen LogP contribution in [-0.4, -0.2) is 13.3 Å². The minimum Gasteiger partial charge on any atom is -0.454 e. The quantitative estimate of drug-likeness (QED) is 0.877. The van der Waals surface area contributed by atoms with Crippen LogP contribution in [0.3, 0.4) is 0 Å². The Bertz CT molecular complexity index is 474. The van der Waals surface area contributed by atoms with Gasteiger partial charge < -0.3 is 14.8 Å². The highest BCUT2D eigenvalue weighted by Crippen LogP contribution is 2.34. The zero-order chi connectivity index (χ0) is 14.7. The van der Waals surface area contributed by atoms with Crippen LogP contribution in [0.2, 0.25) is 0 Å². The van der Waals surface area contributed by atoms with Crippen molar-refractivity contribution in [2.24, 2.45) is 11.8 Å². The first-order valence-corrected chi connectivity index (χ1v) is 8.35. The lowest BCUT2D eigenvalue weighted by Gasteiger charge is -2.27. The lowest BCUT2D eigenvalue weighted by atomic mass is 9.81. The van der Waals surface area contributed by atoms with E-state index in [1.807, 2.05) is 6.07 Å². The summed E-state index contributed by atoms with van der Waals surface area (Å²) in [7, 11) is 0. The van der Waals surface area contributed by atoms with Crippen molar-refractivity contribution in [3.63, 3.8) is 0 Å². The van der Waals surface area contributed by atoms with Gasteiger partial charge in [-0.25, -0.2) is 0 Å². The Morgan fingerprint density at radius 3 is 2.95 bits per heavy atom. The minimum atomic E-state index is 0.348. The average molecular weight is 289 g/mol. The summed E-state index contributed by atoms with van der Waals surface area (Å²) in [6.07, 6.45) is 6.99. The van der Waals surface area contributed by atoms with Gasteiger partial charge in [-0.1, -0.05) is 32.3 Å². The smallest absolute Gasteiger partial charge is 0.231 e. The van der Waals surface area contributed by atoms with Gasteiger partial charge in [0, 0.05) is 6.04 Å². The fourth-order valence-electron chi connectivity index (χ4n) is 3.63. The molecule has 3 unspecified atom stereocenters. The maximum Gasteiger partial charge on any atom is 0.231 e. The normalized spacial score (nSPS) is 25.8. The molecule has 0 spiro atoms. The Morgan fingerprint density at radius 2 is 2.10 bits per heavy atom. The first-order chi connectivity index (χ1) is 10.2. The summed E-state index contributed by atoms with van der Waals surface area (Å²) in [4.78, 5) is 0. The van der Waals surface area contributed by atoms with Crippen LogP contribution in [0.4, 0.5) is 0 Å². The lowest BCUT2D eigenvalue weighted by Crippen LogP contribution is -2.23. The summed E-state index contributed by atoms with van der Waals surface area (Å²) in [6.45, 7) is 6.07. The summed E-state index contributed by atoms with van der Waals surface area (Å²) in [5.41, 5.74) is 1.27. The molecule has 0 bridgehead atoms. The van der Waals surface area contributed by atoms with Gasteiger partial charge in [0.15, 0.2) is 11.5 Å². The monoisotopic (exact) mass is 289 g/mol. The van der Waals surface area contributed by atoms with E-state index in [9.17, 15) is 0 Å². The Morgan fingerprint density at radius 1 is 1.24 bits per heavy atom.